The number of para-hydroxylation sites is 1. The molecule has 0 aliphatic carbocycles. The number of amides is 1. The van der Waals surface area contributed by atoms with Gasteiger partial charge in [-0.25, -0.2) is 4.21 Å². The fourth-order valence-electron chi connectivity index (χ4n) is 1.98. The number of hydrogen-bond acceptors (Lipinski definition) is 5. The van der Waals surface area contributed by atoms with Crippen molar-refractivity contribution in [2.45, 2.75) is 31.0 Å². The number of ketones is 1. The highest BCUT2D eigenvalue weighted by molar-refractivity contribution is 7.80. The molecule has 20 heavy (non-hydrogen) atoms. The van der Waals surface area contributed by atoms with Crippen LogP contribution in [0.4, 0.5) is 5.69 Å². The lowest BCUT2D eigenvalue weighted by Crippen LogP contribution is -2.51. The van der Waals surface area contributed by atoms with Crippen molar-refractivity contribution in [1.82, 2.24) is 5.32 Å². The Kier molecular flexibility index (Phi) is 4.32. The third-order valence-corrected chi connectivity index (χ3v) is 4.26. The van der Waals surface area contributed by atoms with Crippen molar-refractivity contribution in [2.75, 3.05) is 11.9 Å². The zero-order chi connectivity index (χ0) is 14.9. The molecule has 1 aromatic carbocycles. The van der Waals surface area contributed by atoms with Crippen LogP contribution < -0.4 is 10.2 Å². The number of likely N-dealkylation sites (N-methyl/N-ethyl adjacent to an activating group) is 1. The molecule has 0 saturated carbocycles. The van der Waals surface area contributed by atoms with Gasteiger partial charge >= 0.3 is 0 Å². The van der Waals surface area contributed by atoms with Gasteiger partial charge in [0.25, 0.3) is 5.91 Å². The van der Waals surface area contributed by atoms with E-state index in [1.54, 1.807) is 31.2 Å². The highest BCUT2D eigenvalue weighted by atomic mass is 32.2. The highest BCUT2D eigenvalue weighted by Gasteiger charge is 2.37. The zero-order valence-electron chi connectivity index (χ0n) is 11.5. The minimum absolute atomic E-state index is 0.157. The van der Waals surface area contributed by atoms with E-state index < -0.39 is 29.3 Å². The van der Waals surface area contributed by atoms with Crippen molar-refractivity contribution >= 4 is 28.5 Å². The third kappa shape index (κ3) is 2.52. The Hall–Kier alpha value is -1.57. The molecule has 0 spiro atoms. The minimum atomic E-state index is -1.77. The Balaban J connectivity index is 2.59. The molecule has 1 aliphatic rings. The summed E-state index contributed by atoms with van der Waals surface area (Å²) in [6.07, 6.45) is -1.05. The summed E-state index contributed by atoms with van der Waals surface area (Å²) >= 11 is -1.77. The number of benzene rings is 1. The van der Waals surface area contributed by atoms with E-state index in [0.29, 0.717) is 10.6 Å². The molecule has 0 radical (unpaired) electrons. The van der Waals surface area contributed by atoms with Gasteiger partial charge in [-0.15, -0.1) is 0 Å². The van der Waals surface area contributed by atoms with Gasteiger partial charge < -0.3 is 0 Å². The van der Waals surface area contributed by atoms with Crippen LogP contribution in [0.2, 0.25) is 0 Å². The molecule has 1 heterocycles. The summed E-state index contributed by atoms with van der Waals surface area (Å²) in [5.41, 5.74) is 0.441. The summed E-state index contributed by atoms with van der Waals surface area (Å²) in [6.45, 7) is 3.05. The smallest absolute Gasteiger partial charge is 0.273 e. The normalized spacial score (nSPS) is 23.9. The van der Waals surface area contributed by atoms with Gasteiger partial charge in [0.05, 0.1) is 16.6 Å². The lowest BCUT2D eigenvalue weighted by atomic mass is 10.1. The minimum Gasteiger partial charge on any atom is -0.298 e. The first-order chi connectivity index (χ1) is 9.47. The van der Waals surface area contributed by atoms with Crippen LogP contribution in [0.1, 0.15) is 13.8 Å². The number of hydrogen-bond donors (Lipinski definition) is 1. The topological polar surface area (TPSA) is 75.7 Å². The summed E-state index contributed by atoms with van der Waals surface area (Å²) in [5.74, 6) is -0.593. The Bertz CT molecular complexity index is 575. The van der Waals surface area contributed by atoms with Crippen LogP contribution in [-0.2, 0) is 24.9 Å². The van der Waals surface area contributed by atoms with Crippen molar-refractivity contribution < 1.29 is 18.0 Å². The molecule has 3 unspecified atom stereocenters. The maximum Gasteiger partial charge on any atom is 0.273 e. The van der Waals surface area contributed by atoms with E-state index >= 15 is 0 Å². The van der Waals surface area contributed by atoms with E-state index in [9.17, 15) is 13.8 Å². The zero-order valence-corrected chi connectivity index (χ0v) is 12.3. The average molecular weight is 296 g/mol. The maximum atomic E-state index is 12.5. The Morgan fingerprint density at radius 3 is 2.70 bits per heavy atom. The van der Waals surface area contributed by atoms with Gasteiger partial charge in [-0.3, -0.25) is 24.0 Å². The monoisotopic (exact) mass is 296 g/mol. The first kappa shape index (κ1) is 14.8. The fourth-order valence-corrected chi connectivity index (χ4v) is 2.96. The average Bonchev–Trinajstić information content (AvgIpc) is 2.54. The van der Waals surface area contributed by atoms with E-state index in [2.05, 4.69) is 5.32 Å². The summed E-state index contributed by atoms with van der Waals surface area (Å²) < 4.78 is 17.4. The molecule has 3 atom stereocenters. The number of fused-ring (bicyclic) bond motifs is 1. The molecule has 0 aromatic heterocycles. The first-order valence-electron chi connectivity index (χ1n) is 6.16. The van der Waals surface area contributed by atoms with Crippen LogP contribution in [0, 0.1) is 0 Å². The van der Waals surface area contributed by atoms with Gasteiger partial charge in [0.1, 0.15) is 0 Å². The second kappa shape index (κ2) is 5.82. The number of carbonyl (C=O) groups is 2. The highest BCUT2D eigenvalue weighted by Crippen LogP contribution is 2.30. The van der Waals surface area contributed by atoms with Crippen molar-refractivity contribution in [2.24, 2.45) is 0 Å². The molecular weight excluding hydrogens is 280 g/mol. The van der Waals surface area contributed by atoms with Gasteiger partial charge in [-0.05, 0) is 33.0 Å². The molecular formula is C13H16N2O4S. The van der Waals surface area contributed by atoms with E-state index in [1.807, 2.05) is 0 Å². The fraction of sp³-hybridized carbons (Fsp3) is 0.385. The Morgan fingerprint density at radius 2 is 2.10 bits per heavy atom. The SMILES string of the molecule is CNC1OS(=O)c2ccccc2N(C(C)C(C)=O)C1=O. The van der Waals surface area contributed by atoms with Crippen molar-refractivity contribution in [3.8, 4) is 0 Å². The predicted molar refractivity (Wildman–Crippen MR) is 74.4 cm³/mol. The molecule has 1 N–H and O–H groups in total. The summed E-state index contributed by atoms with van der Waals surface area (Å²) in [4.78, 5) is 25.9. The molecule has 1 aliphatic heterocycles. The molecule has 7 heteroatoms. The van der Waals surface area contributed by atoms with Crippen LogP contribution in [0.5, 0.6) is 0 Å². The second-order valence-corrected chi connectivity index (χ2v) is 5.56. The van der Waals surface area contributed by atoms with Crippen LogP contribution in [0.3, 0.4) is 0 Å². The largest absolute Gasteiger partial charge is 0.298 e. The number of carbonyl (C=O) groups excluding carboxylic acids is 2. The Morgan fingerprint density at radius 1 is 1.45 bits per heavy atom. The van der Waals surface area contributed by atoms with Crippen LogP contribution in [0.25, 0.3) is 0 Å². The van der Waals surface area contributed by atoms with Crippen LogP contribution in [-0.4, -0.2) is 35.2 Å². The number of nitrogens with zero attached hydrogens (tertiary/aromatic N) is 1. The molecule has 0 bridgehead atoms. The molecule has 1 aromatic rings. The van der Waals surface area contributed by atoms with Crippen molar-refractivity contribution in [1.29, 1.82) is 0 Å². The number of nitrogens with one attached hydrogen (secondary N) is 1. The number of anilines is 1. The quantitative estimate of drug-likeness (QED) is 0.884. The van der Waals surface area contributed by atoms with Gasteiger partial charge in [0.15, 0.2) is 16.9 Å². The molecule has 0 fully saturated rings. The second-order valence-electron chi connectivity index (χ2n) is 4.46. The summed E-state index contributed by atoms with van der Waals surface area (Å²) in [7, 11) is 1.53. The van der Waals surface area contributed by atoms with Gasteiger partial charge in [0.2, 0.25) is 6.23 Å². The van der Waals surface area contributed by atoms with Gasteiger partial charge in [-0.2, -0.15) is 0 Å². The summed E-state index contributed by atoms with van der Waals surface area (Å²) in [6, 6.07) is 6.06. The number of rotatable bonds is 3. The van der Waals surface area contributed by atoms with Gasteiger partial charge in [0, 0.05) is 0 Å². The lowest BCUT2D eigenvalue weighted by molar-refractivity contribution is -0.128. The predicted octanol–water partition coefficient (Wildman–Crippen LogP) is 0.595. The standard InChI is InChI=1S/C13H16N2O4S/c1-8(9(2)16)15-10-6-4-5-7-11(10)20(18)19-12(14-3)13(15)17/h4-8,12,14H,1-3H3. The molecule has 2 rings (SSSR count). The first-order valence-corrected chi connectivity index (χ1v) is 7.23. The summed E-state index contributed by atoms with van der Waals surface area (Å²) in [5, 5.41) is 2.66. The van der Waals surface area contributed by atoms with Crippen LogP contribution in [0.15, 0.2) is 29.2 Å². The molecule has 0 saturated heterocycles. The van der Waals surface area contributed by atoms with E-state index in [4.69, 9.17) is 4.18 Å². The van der Waals surface area contributed by atoms with Crippen molar-refractivity contribution in [3.05, 3.63) is 24.3 Å². The lowest BCUT2D eigenvalue weighted by Gasteiger charge is -2.28. The molecule has 1 amide bonds. The van der Waals surface area contributed by atoms with E-state index in [-0.39, 0.29) is 5.78 Å². The third-order valence-electron chi connectivity index (χ3n) is 3.19. The molecule has 6 nitrogen and oxygen atoms in total. The maximum absolute atomic E-state index is 12.5. The molecule has 108 valence electrons. The van der Waals surface area contributed by atoms with Crippen molar-refractivity contribution in [3.63, 3.8) is 0 Å². The Labute approximate surface area is 119 Å². The van der Waals surface area contributed by atoms with E-state index in [0.717, 1.165) is 0 Å². The van der Waals surface area contributed by atoms with Crippen LogP contribution >= 0.6 is 0 Å². The van der Waals surface area contributed by atoms with E-state index in [1.165, 1.54) is 18.9 Å². The number of Topliss-reactive ketones (excluding diaryl/α,β-unsaturated/α-hetero) is 1. The van der Waals surface area contributed by atoms with Gasteiger partial charge in [-0.1, -0.05) is 12.1 Å².